The lowest BCUT2D eigenvalue weighted by atomic mass is 9.72. The number of amides is 1. The molecule has 3 aliphatic heterocycles. The average molecular weight is 782 g/mol. The van der Waals surface area contributed by atoms with Crippen LogP contribution >= 0.6 is 0 Å². The minimum absolute atomic E-state index is 0.00323. The molecule has 8 rings (SSSR count). The number of nitrogens with one attached hydrogen (secondary N) is 1. The number of fused-ring (bicyclic) bond motifs is 2. The van der Waals surface area contributed by atoms with Crippen molar-refractivity contribution in [2.75, 3.05) is 63.3 Å². The Hall–Kier alpha value is -4.44. The summed E-state index contributed by atoms with van der Waals surface area (Å²) < 4.78 is 80.7. The van der Waals surface area contributed by atoms with E-state index < -0.39 is 40.7 Å². The number of alkyl halides is 3. The number of piperidine rings is 1. The number of carbonyl (C=O) groups excluding carboxylic acids is 1. The van der Waals surface area contributed by atoms with E-state index in [0.717, 1.165) is 53.3 Å². The number of likely N-dealkylation sites (N-methyl/N-ethyl adjacent to an activating group) is 1. The van der Waals surface area contributed by atoms with Crippen LogP contribution in [0.1, 0.15) is 49.7 Å². The molecule has 1 spiro atoms. The minimum Gasteiger partial charge on any atom is -0.481 e. The van der Waals surface area contributed by atoms with Gasteiger partial charge in [-0.25, -0.2) is 8.42 Å². The summed E-state index contributed by atoms with van der Waals surface area (Å²) in [5, 5.41) is 8.57. The highest BCUT2D eigenvalue weighted by molar-refractivity contribution is 7.91. The molecule has 0 bridgehead atoms. The lowest BCUT2D eigenvalue weighted by Gasteiger charge is -2.54. The second-order valence-corrected chi connectivity index (χ2v) is 18.4. The van der Waals surface area contributed by atoms with E-state index >= 15 is 0 Å². The van der Waals surface area contributed by atoms with E-state index in [0.29, 0.717) is 42.9 Å². The number of carbonyl (C=O) groups is 1. The molecule has 3 saturated heterocycles. The predicted molar refractivity (Wildman–Crippen MR) is 203 cm³/mol. The van der Waals surface area contributed by atoms with Crippen LogP contribution in [0.2, 0.25) is 0 Å². The van der Waals surface area contributed by atoms with Crippen LogP contribution in [-0.4, -0.2) is 121 Å². The third-order valence-electron chi connectivity index (χ3n) is 11.9. The number of H-pyrrole nitrogens is 1. The topological polar surface area (TPSA) is 134 Å². The van der Waals surface area contributed by atoms with Crippen LogP contribution < -0.4 is 14.4 Å². The van der Waals surface area contributed by atoms with Gasteiger partial charge < -0.3 is 24.2 Å². The van der Waals surface area contributed by atoms with Crippen molar-refractivity contribution in [3.8, 4) is 22.9 Å². The molecule has 4 aliphatic rings. The number of halogens is 3. The van der Waals surface area contributed by atoms with E-state index in [1.165, 1.54) is 6.08 Å². The molecule has 1 saturated carbocycles. The number of sulfone groups is 1. The molecule has 2 aromatic carbocycles. The molecule has 5 heterocycles. The molecular weight excluding hydrogens is 736 g/mol. The number of nitrogens with zero attached hydrogens (tertiary/aromatic N) is 6. The molecule has 294 valence electrons. The van der Waals surface area contributed by atoms with Gasteiger partial charge in [0, 0.05) is 53.8 Å². The maximum Gasteiger partial charge on any atom is 0.422 e. The highest BCUT2D eigenvalue weighted by Gasteiger charge is 2.47. The number of ether oxygens (including phenoxy) is 2. The zero-order valence-electron chi connectivity index (χ0n) is 31.4. The van der Waals surface area contributed by atoms with Crippen molar-refractivity contribution in [2.45, 2.75) is 63.8 Å². The van der Waals surface area contributed by atoms with Crippen LogP contribution in [0, 0.1) is 18.3 Å². The Labute approximate surface area is 318 Å². The normalized spacial score (nSPS) is 23.7. The van der Waals surface area contributed by atoms with Crippen molar-refractivity contribution in [3.63, 3.8) is 0 Å². The highest BCUT2D eigenvalue weighted by Crippen LogP contribution is 2.53. The number of rotatable bonds is 9. The molecule has 1 amide bonds. The Balaban J connectivity index is 1.31. The summed E-state index contributed by atoms with van der Waals surface area (Å²) in [4.78, 5) is 27.9. The molecule has 55 heavy (non-hydrogen) atoms. The first-order chi connectivity index (χ1) is 26.1. The van der Waals surface area contributed by atoms with Gasteiger partial charge in [0.2, 0.25) is 5.91 Å². The highest BCUT2D eigenvalue weighted by atomic mass is 32.2. The molecule has 1 aliphatic carbocycles. The number of benzene rings is 2. The lowest BCUT2D eigenvalue weighted by Crippen LogP contribution is -2.61. The fourth-order valence-corrected chi connectivity index (χ4v) is 11.0. The third kappa shape index (κ3) is 7.11. The molecular formula is C39H46F3N7O5S. The Bertz CT molecular complexity index is 2270. The molecule has 4 fully saturated rings. The van der Waals surface area contributed by atoms with E-state index in [9.17, 15) is 26.4 Å². The van der Waals surface area contributed by atoms with Crippen molar-refractivity contribution in [2.24, 2.45) is 11.3 Å². The number of hydrogen-bond donors (Lipinski definition) is 1. The first-order valence-corrected chi connectivity index (χ1v) is 20.6. The maximum absolute atomic E-state index is 14.1. The number of anilines is 1. The minimum atomic E-state index is -4.64. The van der Waals surface area contributed by atoms with Gasteiger partial charge in [0.05, 0.1) is 29.3 Å². The Morgan fingerprint density at radius 3 is 2.49 bits per heavy atom. The summed E-state index contributed by atoms with van der Waals surface area (Å²) >= 11 is 0. The summed E-state index contributed by atoms with van der Waals surface area (Å²) in [5.74, 6) is -0.0855. The average Bonchev–Trinajstić information content (AvgIpc) is 3.85. The van der Waals surface area contributed by atoms with Crippen molar-refractivity contribution >= 4 is 43.4 Å². The van der Waals surface area contributed by atoms with Crippen molar-refractivity contribution in [1.82, 2.24) is 30.0 Å². The zero-order valence-corrected chi connectivity index (χ0v) is 32.3. The van der Waals surface area contributed by atoms with Crippen LogP contribution in [0.4, 0.5) is 19.0 Å². The van der Waals surface area contributed by atoms with E-state index in [4.69, 9.17) is 19.4 Å². The number of hydrogen-bond acceptors (Lipinski definition) is 10. The van der Waals surface area contributed by atoms with Crippen molar-refractivity contribution in [3.05, 3.63) is 48.2 Å². The Morgan fingerprint density at radius 2 is 1.84 bits per heavy atom. The molecule has 2 aromatic heterocycles. The summed E-state index contributed by atoms with van der Waals surface area (Å²) in [6.45, 7) is 8.28. The summed E-state index contributed by atoms with van der Waals surface area (Å²) in [6.07, 6.45) is 1.05. The molecule has 2 unspecified atom stereocenters. The van der Waals surface area contributed by atoms with E-state index in [-0.39, 0.29) is 46.0 Å². The van der Waals surface area contributed by atoms with Gasteiger partial charge in [0.25, 0.3) is 0 Å². The van der Waals surface area contributed by atoms with Crippen LogP contribution in [0.15, 0.2) is 37.1 Å². The molecule has 12 nitrogen and oxygen atoms in total. The van der Waals surface area contributed by atoms with Gasteiger partial charge in [-0.05, 0) is 87.5 Å². The molecule has 0 radical (unpaired) electrons. The molecule has 16 heteroatoms. The van der Waals surface area contributed by atoms with Crippen LogP contribution in [0.25, 0.3) is 32.9 Å². The smallest absolute Gasteiger partial charge is 0.422 e. The maximum atomic E-state index is 14.1. The fraction of sp³-hybridized carbons (Fsp3) is 0.538. The first kappa shape index (κ1) is 37.5. The summed E-state index contributed by atoms with van der Waals surface area (Å²) in [7, 11) is 0.234. The molecule has 3 atom stereocenters. The monoisotopic (exact) mass is 781 g/mol. The van der Waals surface area contributed by atoms with Crippen LogP contribution in [0.5, 0.6) is 11.8 Å². The standard InChI is InChI=1S/C39H46F3N7O5S/c1-6-30(50)49-19-38(20-49)11-13-48(14-12-38)36-26-15-25(24-8-9-24)32(31-22(2)7-10-28-27(31)16-43-46-28)35(53-21-39(40,41)42)33(26)44-37(45-36)54-34-23(3)17-55(51,52)18-29(34)47(4)5/h6-7,10,15-16,23-24,29,34H,1,8-9,11-14,17-21H2,2-5H3,(H,43,46)/t23?,29-,34?/m1/s1. The lowest BCUT2D eigenvalue weighted by molar-refractivity contribution is -0.153. The number of aromatic nitrogens is 4. The zero-order chi connectivity index (χ0) is 39.0. The van der Waals surface area contributed by atoms with E-state index in [1.807, 2.05) is 36.9 Å². The second kappa shape index (κ2) is 13.6. The Morgan fingerprint density at radius 1 is 1.11 bits per heavy atom. The van der Waals surface area contributed by atoms with Crippen molar-refractivity contribution in [1.29, 1.82) is 0 Å². The fourth-order valence-electron chi connectivity index (χ4n) is 8.86. The van der Waals surface area contributed by atoms with E-state index in [1.54, 1.807) is 25.2 Å². The van der Waals surface area contributed by atoms with Gasteiger partial charge >= 0.3 is 12.2 Å². The number of likely N-dealkylation sites (tertiary alicyclic amines) is 1. The van der Waals surface area contributed by atoms with Crippen LogP contribution in [0.3, 0.4) is 0 Å². The van der Waals surface area contributed by atoms with Gasteiger partial charge in [0.15, 0.2) is 22.2 Å². The largest absolute Gasteiger partial charge is 0.481 e. The van der Waals surface area contributed by atoms with Gasteiger partial charge in [-0.3, -0.25) is 9.89 Å². The van der Waals surface area contributed by atoms with E-state index in [2.05, 4.69) is 21.7 Å². The third-order valence-corrected chi connectivity index (χ3v) is 13.7. The number of aryl methyl sites for hydroxylation is 1. The van der Waals surface area contributed by atoms with Gasteiger partial charge in [0.1, 0.15) is 17.4 Å². The quantitative estimate of drug-likeness (QED) is 0.212. The summed E-state index contributed by atoms with van der Waals surface area (Å²) in [5.41, 5.74) is 3.86. The van der Waals surface area contributed by atoms with Gasteiger partial charge in [-0.1, -0.05) is 19.6 Å². The number of aromatic amines is 1. The molecule has 1 N–H and O–H groups in total. The molecule has 4 aromatic rings. The van der Waals surface area contributed by atoms with Crippen LogP contribution in [-0.2, 0) is 14.6 Å². The van der Waals surface area contributed by atoms with Crippen molar-refractivity contribution < 1.29 is 35.9 Å². The summed E-state index contributed by atoms with van der Waals surface area (Å²) in [6, 6.07) is 5.26. The second-order valence-electron chi connectivity index (χ2n) is 16.2. The van der Waals surface area contributed by atoms with Gasteiger partial charge in [-0.2, -0.15) is 28.2 Å². The SMILES string of the molecule is C=CC(=O)N1CC2(CCN(c3nc(OC4C(C)CS(=O)(=O)C[C@H]4N(C)C)nc4c(OCC(F)(F)F)c(-c5c(C)ccc6[nH]ncc56)c(C5CC5)cc34)CC2)C1. The Kier molecular flexibility index (Phi) is 9.30. The van der Waals surface area contributed by atoms with Gasteiger partial charge in [-0.15, -0.1) is 0 Å². The predicted octanol–water partition coefficient (Wildman–Crippen LogP) is 5.66. The first-order valence-electron chi connectivity index (χ1n) is 18.8.